The van der Waals surface area contributed by atoms with Gasteiger partial charge in [0.2, 0.25) is 0 Å². The smallest absolute Gasteiger partial charge is 0.462 e. The molecule has 0 spiro atoms. The second-order valence-corrected chi connectivity index (χ2v) is 35.6. The summed E-state index contributed by atoms with van der Waals surface area (Å²) in [5.41, 5.74) is -1.96. The summed E-state index contributed by atoms with van der Waals surface area (Å²) in [4.78, 5) is 163. The maximum absolute atomic E-state index is 13.9. The van der Waals surface area contributed by atoms with E-state index >= 15 is 0 Å². The van der Waals surface area contributed by atoms with Crippen LogP contribution in [0.15, 0.2) is 146 Å². The summed E-state index contributed by atoms with van der Waals surface area (Å²) in [5.74, 6) is -11.4. The molecule has 0 saturated carbocycles. The lowest BCUT2D eigenvalue weighted by Gasteiger charge is -2.17. The van der Waals surface area contributed by atoms with Crippen molar-refractivity contribution >= 4 is 88.8 Å². The molecule has 0 fully saturated rings. The third-order valence-electron chi connectivity index (χ3n) is 22.5. The van der Waals surface area contributed by atoms with E-state index in [4.69, 9.17) is 55.6 Å². The van der Waals surface area contributed by atoms with Crippen LogP contribution in [0.3, 0.4) is 0 Å². The number of benzene rings is 6. The number of carbonyl (C=O) groups is 12. The minimum Gasteiger partial charge on any atom is -0.462 e. The summed E-state index contributed by atoms with van der Waals surface area (Å²) in [6.45, 7) is 14.0. The van der Waals surface area contributed by atoms with Gasteiger partial charge in [-0.25, -0.2) is 57.5 Å². The number of esters is 6. The first-order valence-electron chi connectivity index (χ1n) is 49.9. The molecule has 736 valence electrons. The standard InChI is InChI=1S/2C54H75O12P/c2*1-4-7-10-13-16-19-22-31-40-61-49(55)43-34-25-28-37-46(43)52(58)64-67(65-53(59)47-38-29-26-35-44(47)50(56)62-41-32-23-20-17-14-11-8-5-2)66-54(60)48-39-30-27-36-45(48)51(57)63-42-33-24-21-18-15-12-9-6-3/h2*25-30,34-39H,4-24,31-33,40-42H2,1-3H3. The molecule has 0 aromatic heterocycles. The highest BCUT2D eigenvalue weighted by Crippen LogP contribution is 2.45. The molecule has 6 aromatic carbocycles. The second-order valence-electron chi connectivity index (χ2n) is 33.7. The van der Waals surface area contributed by atoms with Crippen molar-refractivity contribution < 1.29 is 113 Å². The Hall–Kier alpha value is -10.2. The normalized spacial score (nSPS) is 10.9. The van der Waals surface area contributed by atoms with Crippen molar-refractivity contribution in [2.45, 2.75) is 350 Å². The molecule has 26 heteroatoms. The molecule has 0 N–H and O–H groups in total. The first-order valence-corrected chi connectivity index (χ1v) is 52.1. The number of rotatable bonds is 72. The number of hydrogen-bond acceptors (Lipinski definition) is 24. The quantitative estimate of drug-likeness (QED) is 0.0148. The van der Waals surface area contributed by atoms with Crippen LogP contribution >= 0.6 is 17.2 Å². The molecular formula is C108H150O24P2. The Morgan fingerprint density at radius 3 is 0.358 bits per heavy atom. The minimum absolute atomic E-state index is 0.103. The summed E-state index contributed by atoms with van der Waals surface area (Å²) < 4.78 is 66.5. The van der Waals surface area contributed by atoms with Gasteiger partial charge in [0.15, 0.2) is 0 Å². The van der Waals surface area contributed by atoms with E-state index in [1.165, 1.54) is 263 Å². The van der Waals surface area contributed by atoms with E-state index in [1.54, 1.807) is 36.4 Å². The van der Waals surface area contributed by atoms with Crippen molar-refractivity contribution in [3.63, 3.8) is 0 Å². The zero-order valence-electron chi connectivity index (χ0n) is 80.7. The van der Waals surface area contributed by atoms with E-state index in [-0.39, 0.29) is 106 Å². The molecule has 0 amide bonds. The van der Waals surface area contributed by atoms with Crippen LogP contribution in [-0.2, 0) is 55.6 Å². The SMILES string of the molecule is CCCCCCCCCCOC(=O)c1ccccc1C(=O)OP(OC(=O)c1ccccc1C(=O)OCCCCCCCCCC)OC(=O)c1ccccc1C(=O)OCCCCCCCCCC.CCCCCCCCCCOC(=O)c1ccccc1C(=O)OP(OC(=O)c1ccccc1C(=O)OCCCCCCCCCC)OC(=O)c1ccccc1C(=O)OCCCCCCCCCC. The highest BCUT2D eigenvalue weighted by Gasteiger charge is 2.37. The van der Waals surface area contributed by atoms with E-state index in [2.05, 4.69) is 41.5 Å². The number of unbranched alkanes of at least 4 members (excludes halogenated alkanes) is 42. The Labute approximate surface area is 799 Å². The molecule has 0 unspecified atom stereocenters. The van der Waals surface area contributed by atoms with Crippen LogP contribution in [0.25, 0.3) is 0 Å². The average molecular weight is 1890 g/mol. The van der Waals surface area contributed by atoms with Crippen LogP contribution in [-0.4, -0.2) is 111 Å². The van der Waals surface area contributed by atoms with E-state index in [1.807, 2.05) is 0 Å². The maximum Gasteiger partial charge on any atom is 0.537 e. The van der Waals surface area contributed by atoms with Crippen LogP contribution in [0, 0.1) is 0 Å². The number of carbonyl (C=O) groups excluding carboxylic acids is 12. The molecule has 134 heavy (non-hydrogen) atoms. The summed E-state index contributed by atoms with van der Waals surface area (Å²) in [7, 11) is -6.44. The van der Waals surface area contributed by atoms with Crippen LogP contribution in [0.4, 0.5) is 0 Å². The van der Waals surface area contributed by atoms with Crippen LogP contribution in [0.1, 0.15) is 474 Å². The van der Waals surface area contributed by atoms with Crippen molar-refractivity contribution in [2.24, 2.45) is 0 Å². The highest BCUT2D eigenvalue weighted by atomic mass is 31.2. The van der Waals surface area contributed by atoms with E-state index in [0.717, 1.165) is 116 Å². The van der Waals surface area contributed by atoms with Crippen molar-refractivity contribution in [1.29, 1.82) is 0 Å². The molecule has 24 nitrogen and oxygen atoms in total. The molecule has 0 aliphatic rings. The van der Waals surface area contributed by atoms with Gasteiger partial charge in [-0.3, -0.25) is 0 Å². The minimum atomic E-state index is -3.22. The van der Waals surface area contributed by atoms with Crippen molar-refractivity contribution in [2.75, 3.05) is 39.6 Å². The Bertz CT molecular complexity index is 3700. The first kappa shape index (κ1) is 114. The Morgan fingerprint density at radius 2 is 0.246 bits per heavy atom. The van der Waals surface area contributed by atoms with Crippen molar-refractivity contribution in [3.8, 4) is 0 Å². The predicted octanol–water partition coefficient (Wildman–Crippen LogP) is 29.4. The van der Waals surface area contributed by atoms with E-state index < -0.39 is 88.8 Å². The third-order valence-corrected chi connectivity index (χ3v) is 24.4. The van der Waals surface area contributed by atoms with Gasteiger partial charge >= 0.3 is 88.8 Å². The first-order chi connectivity index (χ1) is 65.4. The van der Waals surface area contributed by atoms with E-state index in [9.17, 15) is 57.5 Å². The molecule has 0 aliphatic carbocycles. The lowest BCUT2D eigenvalue weighted by Crippen LogP contribution is -2.18. The third kappa shape index (κ3) is 47.3. The fourth-order valence-electron chi connectivity index (χ4n) is 14.7. The molecule has 0 radical (unpaired) electrons. The van der Waals surface area contributed by atoms with Crippen LogP contribution in [0.2, 0.25) is 0 Å². The van der Waals surface area contributed by atoms with Crippen LogP contribution < -0.4 is 0 Å². The van der Waals surface area contributed by atoms with E-state index in [0.29, 0.717) is 38.5 Å². The number of hydrogen-bond donors (Lipinski definition) is 0. The van der Waals surface area contributed by atoms with Crippen LogP contribution in [0.5, 0.6) is 0 Å². The fraction of sp³-hybridized carbons (Fsp3) is 0.556. The maximum atomic E-state index is 13.9. The van der Waals surface area contributed by atoms with Gasteiger partial charge in [0.05, 0.1) is 106 Å². The molecule has 0 saturated heterocycles. The fourth-order valence-corrected chi connectivity index (χ4v) is 16.3. The van der Waals surface area contributed by atoms with Crippen molar-refractivity contribution in [1.82, 2.24) is 0 Å². The number of ether oxygens (including phenoxy) is 6. The molecule has 6 rings (SSSR count). The lowest BCUT2D eigenvalue weighted by atomic mass is 10.1. The average Bonchev–Trinajstić information content (AvgIpc) is 0.820. The van der Waals surface area contributed by atoms with Gasteiger partial charge in [-0.15, -0.1) is 0 Å². The Morgan fingerprint density at radius 1 is 0.149 bits per heavy atom. The van der Waals surface area contributed by atoms with Crippen molar-refractivity contribution in [3.05, 3.63) is 212 Å². The monoisotopic (exact) mass is 1890 g/mol. The predicted molar refractivity (Wildman–Crippen MR) is 522 cm³/mol. The Balaban J connectivity index is 0.000000474. The largest absolute Gasteiger partial charge is 0.537 e. The lowest BCUT2D eigenvalue weighted by molar-refractivity contribution is 0.0461. The molecule has 0 atom stereocenters. The van der Waals surface area contributed by atoms with Gasteiger partial charge in [-0.05, 0) is 111 Å². The van der Waals surface area contributed by atoms with Gasteiger partial charge in [0.1, 0.15) is 0 Å². The topological polar surface area (TPSA) is 316 Å². The molecule has 0 bridgehead atoms. The summed E-state index contributed by atoms with van der Waals surface area (Å²) >= 11 is 0. The highest BCUT2D eigenvalue weighted by molar-refractivity contribution is 7.44. The zero-order chi connectivity index (χ0) is 96.7. The molecule has 0 aliphatic heterocycles. The molecule has 6 aromatic rings. The summed E-state index contributed by atoms with van der Waals surface area (Å²) in [6.07, 6.45) is 50.9. The zero-order valence-corrected chi connectivity index (χ0v) is 82.5. The summed E-state index contributed by atoms with van der Waals surface area (Å²) in [6, 6.07) is 34.8. The van der Waals surface area contributed by atoms with Gasteiger partial charge in [-0.2, -0.15) is 0 Å². The van der Waals surface area contributed by atoms with Gasteiger partial charge in [0.25, 0.3) is 0 Å². The van der Waals surface area contributed by atoms with Gasteiger partial charge < -0.3 is 55.6 Å². The molecular weight excluding hydrogens is 1740 g/mol. The molecule has 0 heterocycles. The second kappa shape index (κ2) is 73.2. The van der Waals surface area contributed by atoms with Gasteiger partial charge in [-0.1, -0.05) is 384 Å². The van der Waals surface area contributed by atoms with Gasteiger partial charge in [0, 0.05) is 0 Å². The Kier molecular flexibility index (Phi) is 62.4. The summed E-state index contributed by atoms with van der Waals surface area (Å²) in [5, 5.41) is 0.